The summed E-state index contributed by atoms with van der Waals surface area (Å²) in [7, 11) is 0. The molecule has 29 heavy (non-hydrogen) atoms. The van der Waals surface area contributed by atoms with Crippen LogP contribution in [0.2, 0.25) is 0 Å². The van der Waals surface area contributed by atoms with Crippen molar-refractivity contribution in [2.24, 2.45) is 0 Å². The van der Waals surface area contributed by atoms with Crippen LogP contribution in [-0.4, -0.2) is 16.2 Å². The van der Waals surface area contributed by atoms with Gasteiger partial charge in [-0.15, -0.1) is 0 Å². The van der Waals surface area contributed by atoms with Crippen molar-refractivity contribution < 1.29 is 14.7 Å². The van der Waals surface area contributed by atoms with Crippen LogP contribution in [0.15, 0.2) is 64.0 Å². The van der Waals surface area contributed by atoms with Crippen molar-refractivity contribution in [2.75, 3.05) is 0 Å². The van der Waals surface area contributed by atoms with Crippen molar-refractivity contribution in [3.05, 3.63) is 86.9 Å². The van der Waals surface area contributed by atoms with E-state index < -0.39 is 5.97 Å². The second-order valence-electron chi connectivity index (χ2n) is 6.94. The first-order valence-corrected chi connectivity index (χ1v) is 10.8. The zero-order valence-corrected chi connectivity index (χ0v) is 18.9. The van der Waals surface area contributed by atoms with Gasteiger partial charge in [0, 0.05) is 14.9 Å². The van der Waals surface area contributed by atoms with Gasteiger partial charge in [-0.3, -0.25) is 9.59 Å². The Morgan fingerprint density at radius 3 is 2.14 bits per heavy atom. The van der Waals surface area contributed by atoms with Crippen molar-refractivity contribution in [1.82, 2.24) is 0 Å². The van der Waals surface area contributed by atoms with Gasteiger partial charge in [0.05, 0.1) is 6.42 Å². The summed E-state index contributed by atoms with van der Waals surface area (Å²) < 4.78 is 0.828. The molecule has 3 rings (SSSR count). The van der Waals surface area contributed by atoms with Gasteiger partial charge in [0.15, 0.2) is 0 Å². The zero-order chi connectivity index (χ0) is 21.1. The van der Waals surface area contributed by atoms with Gasteiger partial charge in [-0.1, -0.05) is 60.2 Å². The third-order valence-corrected chi connectivity index (χ3v) is 7.26. The second-order valence-corrected chi connectivity index (χ2v) is 8.71. The second kappa shape index (κ2) is 8.97. The molecular formula is C24H21BrO3S. The molecule has 0 fully saturated rings. The fourth-order valence-corrected chi connectivity index (χ4v) is 5.02. The maximum atomic E-state index is 12.8. The molecule has 0 bridgehead atoms. The number of halogens is 1. The summed E-state index contributed by atoms with van der Waals surface area (Å²) in [5.41, 5.74) is 6.12. The molecule has 3 aromatic carbocycles. The number of carbonyl (C=O) groups is 2. The van der Waals surface area contributed by atoms with Crippen molar-refractivity contribution in [3.63, 3.8) is 0 Å². The monoisotopic (exact) mass is 468 g/mol. The molecular weight excluding hydrogens is 448 g/mol. The molecule has 0 aliphatic carbocycles. The molecule has 0 saturated carbocycles. The SMILES string of the molecule is Cc1ccc(-c2c(C)c(Br)c(SC(=O)c3ccccc3)c(C)c2CC(=O)O)cc1. The summed E-state index contributed by atoms with van der Waals surface area (Å²) in [4.78, 5) is 25.2. The lowest BCUT2D eigenvalue weighted by molar-refractivity contribution is -0.136. The van der Waals surface area contributed by atoms with Crippen LogP contribution in [0.4, 0.5) is 0 Å². The topological polar surface area (TPSA) is 54.4 Å². The third-order valence-electron chi connectivity index (χ3n) is 4.87. The summed E-state index contributed by atoms with van der Waals surface area (Å²) in [6, 6.07) is 17.2. The number of thioether (sulfide) groups is 1. The molecule has 148 valence electrons. The lowest BCUT2D eigenvalue weighted by atomic mass is 9.89. The number of hydrogen-bond acceptors (Lipinski definition) is 3. The standard InChI is InChI=1S/C24H21BrO3S/c1-14-9-11-17(12-10-14)21-16(3)22(25)23(15(2)19(21)13-20(26)27)29-24(28)18-7-5-4-6-8-18/h4-12H,13H2,1-3H3,(H,26,27). The summed E-state index contributed by atoms with van der Waals surface area (Å²) in [6.45, 7) is 5.87. The molecule has 0 aliphatic heterocycles. The zero-order valence-electron chi connectivity index (χ0n) is 16.5. The van der Waals surface area contributed by atoms with Crippen LogP contribution < -0.4 is 0 Å². The van der Waals surface area contributed by atoms with Crippen LogP contribution in [0.3, 0.4) is 0 Å². The molecule has 3 aromatic rings. The number of carbonyl (C=O) groups excluding carboxylic acids is 1. The van der Waals surface area contributed by atoms with E-state index in [-0.39, 0.29) is 11.5 Å². The Morgan fingerprint density at radius 1 is 0.931 bits per heavy atom. The van der Waals surface area contributed by atoms with E-state index in [1.165, 1.54) is 0 Å². The van der Waals surface area contributed by atoms with Crippen LogP contribution in [0.1, 0.15) is 32.6 Å². The average molecular weight is 469 g/mol. The van der Waals surface area contributed by atoms with Gasteiger partial charge in [0.2, 0.25) is 5.12 Å². The largest absolute Gasteiger partial charge is 0.481 e. The van der Waals surface area contributed by atoms with Gasteiger partial charge in [0.1, 0.15) is 0 Å². The quantitative estimate of drug-likeness (QED) is 0.428. The number of rotatable bonds is 5. The highest BCUT2D eigenvalue weighted by atomic mass is 79.9. The Balaban J connectivity index is 2.16. The van der Waals surface area contributed by atoms with Gasteiger partial charge >= 0.3 is 5.97 Å². The number of hydrogen-bond donors (Lipinski definition) is 1. The van der Waals surface area contributed by atoms with Gasteiger partial charge in [0.25, 0.3) is 0 Å². The van der Waals surface area contributed by atoms with E-state index >= 15 is 0 Å². The predicted molar refractivity (Wildman–Crippen MR) is 122 cm³/mol. The molecule has 0 spiro atoms. The van der Waals surface area contributed by atoms with Gasteiger partial charge in [-0.25, -0.2) is 0 Å². The van der Waals surface area contributed by atoms with E-state index in [0.29, 0.717) is 5.56 Å². The molecule has 0 aliphatic rings. The summed E-state index contributed by atoms with van der Waals surface area (Å²) in [5, 5.41) is 9.46. The van der Waals surface area contributed by atoms with Gasteiger partial charge < -0.3 is 5.11 Å². The van der Waals surface area contributed by atoms with E-state index in [2.05, 4.69) is 15.9 Å². The smallest absolute Gasteiger partial charge is 0.307 e. The molecule has 0 heterocycles. The normalized spacial score (nSPS) is 10.8. The number of aryl methyl sites for hydroxylation is 1. The summed E-state index contributed by atoms with van der Waals surface area (Å²) >= 11 is 4.81. The third kappa shape index (κ3) is 4.62. The average Bonchev–Trinajstić information content (AvgIpc) is 2.71. The Labute approximate surface area is 183 Å². The number of carboxylic acid groups (broad SMARTS) is 1. The van der Waals surface area contributed by atoms with Crippen LogP contribution in [0.25, 0.3) is 11.1 Å². The van der Waals surface area contributed by atoms with Crippen molar-refractivity contribution in [1.29, 1.82) is 0 Å². The highest BCUT2D eigenvalue weighted by Crippen LogP contribution is 2.43. The molecule has 0 saturated heterocycles. The van der Waals surface area contributed by atoms with E-state index in [1.807, 2.05) is 63.2 Å². The summed E-state index contributed by atoms with van der Waals surface area (Å²) in [6.07, 6.45) is -0.101. The number of carboxylic acids is 1. The maximum Gasteiger partial charge on any atom is 0.307 e. The lowest BCUT2D eigenvalue weighted by Crippen LogP contribution is -2.08. The van der Waals surface area contributed by atoms with Crippen LogP contribution in [0, 0.1) is 20.8 Å². The van der Waals surface area contributed by atoms with E-state index in [0.717, 1.165) is 54.5 Å². The Bertz CT molecular complexity index is 1070. The Hall–Kier alpha value is -2.37. The minimum atomic E-state index is -0.895. The van der Waals surface area contributed by atoms with Crippen molar-refractivity contribution in [2.45, 2.75) is 32.1 Å². The minimum Gasteiger partial charge on any atom is -0.481 e. The lowest BCUT2D eigenvalue weighted by Gasteiger charge is -2.21. The molecule has 0 aromatic heterocycles. The van der Waals surface area contributed by atoms with Gasteiger partial charge in [-0.05, 0) is 76.3 Å². The van der Waals surface area contributed by atoms with Gasteiger partial charge in [-0.2, -0.15) is 0 Å². The van der Waals surface area contributed by atoms with Crippen LogP contribution in [-0.2, 0) is 11.2 Å². The Morgan fingerprint density at radius 2 is 1.55 bits per heavy atom. The molecule has 0 atom stereocenters. The van der Waals surface area contributed by atoms with Crippen molar-refractivity contribution in [3.8, 4) is 11.1 Å². The molecule has 0 amide bonds. The molecule has 5 heteroatoms. The first kappa shape index (κ1) is 21.3. The predicted octanol–water partition coefficient (Wildman–Crippen LogP) is 6.60. The molecule has 3 nitrogen and oxygen atoms in total. The highest BCUT2D eigenvalue weighted by molar-refractivity contribution is 9.10. The van der Waals surface area contributed by atoms with Crippen LogP contribution in [0.5, 0.6) is 0 Å². The van der Waals surface area contributed by atoms with E-state index in [4.69, 9.17) is 0 Å². The number of benzene rings is 3. The maximum absolute atomic E-state index is 12.8. The summed E-state index contributed by atoms with van der Waals surface area (Å²) in [5.74, 6) is -0.895. The highest BCUT2D eigenvalue weighted by Gasteiger charge is 2.23. The van der Waals surface area contributed by atoms with E-state index in [1.54, 1.807) is 12.1 Å². The first-order valence-electron chi connectivity index (χ1n) is 9.17. The fourth-order valence-electron chi connectivity index (χ4n) is 3.33. The minimum absolute atomic E-state index is 0.0711. The Kier molecular flexibility index (Phi) is 6.60. The molecule has 1 N–H and O–H groups in total. The van der Waals surface area contributed by atoms with Crippen molar-refractivity contribution >= 4 is 38.8 Å². The first-order chi connectivity index (χ1) is 13.8. The molecule has 0 radical (unpaired) electrons. The molecule has 0 unspecified atom stereocenters. The van der Waals surface area contributed by atoms with E-state index in [9.17, 15) is 14.7 Å². The number of aliphatic carboxylic acids is 1. The fraction of sp³-hybridized carbons (Fsp3) is 0.167. The van der Waals surface area contributed by atoms with Crippen LogP contribution >= 0.6 is 27.7 Å².